The first-order valence-electron chi connectivity index (χ1n) is 4.93. The van der Waals surface area contributed by atoms with Gasteiger partial charge in [-0.15, -0.1) is 0 Å². The molecular formula is C11H18N2. The van der Waals surface area contributed by atoms with Crippen molar-refractivity contribution in [2.45, 2.75) is 39.2 Å². The van der Waals surface area contributed by atoms with Crippen LogP contribution in [-0.2, 0) is 0 Å². The van der Waals surface area contributed by atoms with Gasteiger partial charge in [-0.25, -0.2) is 0 Å². The summed E-state index contributed by atoms with van der Waals surface area (Å²) in [6.07, 6.45) is 3.41. The first-order valence-corrected chi connectivity index (χ1v) is 4.93. The minimum absolute atomic E-state index is 0.111. The lowest BCUT2D eigenvalue weighted by atomic mass is 10.1. The average molecular weight is 178 g/mol. The third kappa shape index (κ3) is 3.15. The van der Waals surface area contributed by atoms with E-state index in [4.69, 9.17) is 5.73 Å². The molecule has 2 heteroatoms. The smallest absolute Gasteiger partial charge is 0.0574 e. The molecule has 0 saturated carbocycles. The Balaban J connectivity index is 2.60. The fraction of sp³-hybridized carbons (Fsp3) is 0.545. The van der Waals surface area contributed by atoms with Gasteiger partial charge in [0.15, 0.2) is 0 Å². The van der Waals surface area contributed by atoms with Gasteiger partial charge in [0.25, 0.3) is 0 Å². The fourth-order valence-corrected chi connectivity index (χ4v) is 1.34. The molecule has 2 nitrogen and oxygen atoms in total. The van der Waals surface area contributed by atoms with Crippen LogP contribution in [0.25, 0.3) is 0 Å². The number of hydrogen-bond acceptors (Lipinski definition) is 2. The molecule has 2 N–H and O–H groups in total. The maximum atomic E-state index is 5.99. The van der Waals surface area contributed by atoms with Crippen molar-refractivity contribution >= 4 is 0 Å². The summed E-state index contributed by atoms with van der Waals surface area (Å²) >= 11 is 0. The minimum atomic E-state index is 0.111. The van der Waals surface area contributed by atoms with E-state index < -0.39 is 0 Å². The third-order valence-corrected chi connectivity index (χ3v) is 2.16. The van der Waals surface area contributed by atoms with E-state index in [1.165, 1.54) is 12.8 Å². The van der Waals surface area contributed by atoms with Crippen LogP contribution in [0.3, 0.4) is 0 Å². The van der Waals surface area contributed by atoms with Crippen molar-refractivity contribution < 1.29 is 0 Å². The van der Waals surface area contributed by atoms with Gasteiger partial charge in [-0.1, -0.05) is 25.8 Å². The number of pyridine rings is 1. The van der Waals surface area contributed by atoms with Crippen LogP contribution in [0, 0.1) is 6.92 Å². The molecule has 0 aliphatic carbocycles. The second-order valence-corrected chi connectivity index (χ2v) is 3.45. The zero-order valence-electron chi connectivity index (χ0n) is 8.46. The monoisotopic (exact) mass is 178 g/mol. The van der Waals surface area contributed by atoms with Crippen molar-refractivity contribution in [1.82, 2.24) is 4.98 Å². The van der Waals surface area contributed by atoms with Crippen molar-refractivity contribution in [3.63, 3.8) is 0 Å². The molecule has 0 spiro atoms. The Hall–Kier alpha value is -0.890. The minimum Gasteiger partial charge on any atom is -0.323 e. The largest absolute Gasteiger partial charge is 0.323 e. The normalized spacial score (nSPS) is 12.8. The van der Waals surface area contributed by atoms with Crippen LogP contribution in [0.4, 0.5) is 0 Å². The Morgan fingerprint density at radius 2 is 2.23 bits per heavy atom. The molecule has 1 aromatic heterocycles. The molecular weight excluding hydrogens is 160 g/mol. The fourth-order valence-electron chi connectivity index (χ4n) is 1.34. The molecule has 1 aromatic rings. The van der Waals surface area contributed by atoms with Gasteiger partial charge in [0.2, 0.25) is 0 Å². The van der Waals surface area contributed by atoms with Gasteiger partial charge in [0.05, 0.1) is 5.69 Å². The standard InChI is InChI=1S/C11H18N2/c1-3-4-7-10(12)11-8-5-6-9(2)13-11/h5-6,8,10H,3-4,7,12H2,1-2H3/t10-/m0/s1. The summed E-state index contributed by atoms with van der Waals surface area (Å²) in [5.74, 6) is 0. The Bertz CT molecular complexity index is 258. The van der Waals surface area contributed by atoms with Gasteiger partial charge in [0.1, 0.15) is 0 Å². The van der Waals surface area contributed by atoms with Crippen LogP contribution in [0.2, 0.25) is 0 Å². The number of aryl methyl sites for hydroxylation is 1. The average Bonchev–Trinajstić information content (AvgIpc) is 2.14. The lowest BCUT2D eigenvalue weighted by molar-refractivity contribution is 0.589. The zero-order valence-corrected chi connectivity index (χ0v) is 8.46. The highest BCUT2D eigenvalue weighted by Crippen LogP contribution is 2.14. The molecule has 0 unspecified atom stereocenters. The van der Waals surface area contributed by atoms with Crippen LogP contribution >= 0.6 is 0 Å². The molecule has 0 aliphatic heterocycles. The number of hydrogen-bond donors (Lipinski definition) is 1. The first kappa shape index (κ1) is 10.2. The second-order valence-electron chi connectivity index (χ2n) is 3.45. The Labute approximate surface area is 80.2 Å². The highest BCUT2D eigenvalue weighted by molar-refractivity contribution is 5.12. The van der Waals surface area contributed by atoms with Crippen molar-refractivity contribution in [2.75, 3.05) is 0 Å². The van der Waals surface area contributed by atoms with E-state index in [0.717, 1.165) is 17.8 Å². The summed E-state index contributed by atoms with van der Waals surface area (Å²) in [6, 6.07) is 6.13. The highest BCUT2D eigenvalue weighted by atomic mass is 14.8. The molecule has 0 radical (unpaired) electrons. The third-order valence-electron chi connectivity index (χ3n) is 2.16. The van der Waals surface area contributed by atoms with E-state index in [1.54, 1.807) is 0 Å². The molecule has 13 heavy (non-hydrogen) atoms. The summed E-state index contributed by atoms with van der Waals surface area (Å²) in [6.45, 7) is 4.17. The van der Waals surface area contributed by atoms with Gasteiger partial charge >= 0.3 is 0 Å². The number of nitrogens with zero attached hydrogens (tertiary/aromatic N) is 1. The summed E-state index contributed by atoms with van der Waals surface area (Å²) < 4.78 is 0. The number of rotatable bonds is 4. The molecule has 0 saturated heterocycles. The number of nitrogens with two attached hydrogens (primary N) is 1. The molecule has 0 aliphatic rings. The van der Waals surface area contributed by atoms with E-state index >= 15 is 0 Å². The van der Waals surface area contributed by atoms with Crippen LogP contribution in [0.5, 0.6) is 0 Å². The summed E-state index contributed by atoms with van der Waals surface area (Å²) in [7, 11) is 0. The first-order chi connectivity index (χ1) is 6.24. The maximum absolute atomic E-state index is 5.99. The lowest BCUT2D eigenvalue weighted by Crippen LogP contribution is -2.12. The maximum Gasteiger partial charge on any atom is 0.0574 e. The number of unbranched alkanes of at least 4 members (excludes halogenated alkanes) is 1. The molecule has 0 bridgehead atoms. The Morgan fingerprint density at radius 1 is 1.46 bits per heavy atom. The van der Waals surface area contributed by atoms with Gasteiger partial charge in [0, 0.05) is 11.7 Å². The predicted molar refractivity (Wildman–Crippen MR) is 55.4 cm³/mol. The van der Waals surface area contributed by atoms with Crippen molar-refractivity contribution in [2.24, 2.45) is 5.73 Å². The molecule has 1 atom stereocenters. The van der Waals surface area contributed by atoms with E-state index in [0.29, 0.717) is 0 Å². The van der Waals surface area contributed by atoms with Crippen molar-refractivity contribution in [1.29, 1.82) is 0 Å². The second kappa shape index (κ2) is 4.97. The molecule has 0 amide bonds. The summed E-state index contributed by atoms with van der Waals surface area (Å²) in [5, 5.41) is 0. The summed E-state index contributed by atoms with van der Waals surface area (Å²) in [5.41, 5.74) is 8.05. The SMILES string of the molecule is CCCC[C@H](N)c1cccc(C)n1. The molecule has 72 valence electrons. The number of aromatic nitrogens is 1. The Kier molecular flexibility index (Phi) is 3.90. The molecule has 1 rings (SSSR count). The zero-order chi connectivity index (χ0) is 9.68. The van der Waals surface area contributed by atoms with Gasteiger partial charge in [-0.2, -0.15) is 0 Å². The van der Waals surface area contributed by atoms with Gasteiger partial charge in [-0.05, 0) is 25.5 Å². The van der Waals surface area contributed by atoms with Gasteiger partial charge < -0.3 is 5.73 Å². The molecule has 0 aromatic carbocycles. The summed E-state index contributed by atoms with van der Waals surface area (Å²) in [4.78, 5) is 4.40. The molecule has 0 fully saturated rings. The lowest BCUT2D eigenvalue weighted by Gasteiger charge is -2.10. The van der Waals surface area contributed by atoms with E-state index in [9.17, 15) is 0 Å². The highest BCUT2D eigenvalue weighted by Gasteiger charge is 2.05. The van der Waals surface area contributed by atoms with Crippen LogP contribution in [-0.4, -0.2) is 4.98 Å². The van der Waals surface area contributed by atoms with E-state index in [2.05, 4.69) is 11.9 Å². The van der Waals surface area contributed by atoms with Gasteiger partial charge in [-0.3, -0.25) is 4.98 Å². The topological polar surface area (TPSA) is 38.9 Å². The van der Waals surface area contributed by atoms with Crippen molar-refractivity contribution in [3.05, 3.63) is 29.6 Å². The van der Waals surface area contributed by atoms with Crippen LogP contribution in [0.15, 0.2) is 18.2 Å². The molecule has 1 heterocycles. The van der Waals surface area contributed by atoms with E-state index in [-0.39, 0.29) is 6.04 Å². The van der Waals surface area contributed by atoms with Crippen LogP contribution in [0.1, 0.15) is 43.6 Å². The predicted octanol–water partition coefficient (Wildman–Crippen LogP) is 2.58. The van der Waals surface area contributed by atoms with Crippen molar-refractivity contribution in [3.8, 4) is 0 Å². The quantitative estimate of drug-likeness (QED) is 0.769. The van der Waals surface area contributed by atoms with E-state index in [1.807, 2.05) is 25.1 Å². The Morgan fingerprint density at radius 3 is 2.85 bits per heavy atom. The van der Waals surface area contributed by atoms with Crippen LogP contribution < -0.4 is 5.73 Å².